The van der Waals surface area contributed by atoms with Crippen LogP contribution in [-0.4, -0.2) is 30.8 Å². The molecule has 3 N–H and O–H groups in total. The molecule has 0 atom stereocenters. The highest BCUT2D eigenvalue weighted by Crippen LogP contribution is 2.20. The van der Waals surface area contributed by atoms with Crippen LogP contribution in [0.5, 0.6) is 0 Å². The van der Waals surface area contributed by atoms with Crippen LogP contribution in [0.1, 0.15) is 33.2 Å². The van der Waals surface area contributed by atoms with Gasteiger partial charge in [0.15, 0.2) is 12.4 Å². The van der Waals surface area contributed by atoms with E-state index in [4.69, 9.17) is 22.1 Å². The minimum Gasteiger partial charge on any atom is -0.454 e. The van der Waals surface area contributed by atoms with Gasteiger partial charge in [-0.15, -0.1) is 0 Å². The lowest BCUT2D eigenvalue weighted by atomic mass is 10.1. The van der Waals surface area contributed by atoms with Crippen LogP contribution in [0.3, 0.4) is 0 Å². The molecule has 6 nitrogen and oxygen atoms in total. The zero-order valence-electron chi connectivity index (χ0n) is 14.3. The van der Waals surface area contributed by atoms with E-state index in [1.54, 1.807) is 24.3 Å². The van der Waals surface area contributed by atoms with Crippen LogP contribution in [0.2, 0.25) is 5.02 Å². The molecule has 26 heavy (non-hydrogen) atoms. The number of anilines is 1. The normalized spacial score (nSPS) is 10.2. The summed E-state index contributed by atoms with van der Waals surface area (Å²) >= 11 is 5.80. The maximum absolute atomic E-state index is 12.1. The van der Waals surface area contributed by atoms with Crippen LogP contribution in [0.15, 0.2) is 42.5 Å². The zero-order valence-corrected chi connectivity index (χ0v) is 15.0. The van der Waals surface area contributed by atoms with Gasteiger partial charge in [-0.05, 0) is 30.2 Å². The van der Waals surface area contributed by atoms with Crippen molar-refractivity contribution in [1.29, 1.82) is 0 Å². The van der Waals surface area contributed by atoms with Crippen molar-refractivity contribution >= 4 is 34.9 Å². The lowest BCUT2D eigenvalue weighted by Gasteiger charge is -2.07. The number of amides is 1. The first-order valence-electron chi connectivity index (χ1n) is 7.95. The fourth-order valence-corrected chi connectivity index (χ4v) is 2.33. The molecule has 1 amide bonds. The molecule has 0 aromatic heterocycles. The third kappa shape index (κ3) is 5.60. The summed E-state index contributed by atoms with van der Waals surface area (Å²) in [5.41, 5.74) is 7.57. The Balaban J connectivity index is 1.88. The van der Waals surface area contributed by atoms with Crippen molar-refractivity contribution < 1.29 is 19.1 Å². The number of ketones is 1. The summed E-state index contributed by atoms with van der Waals surface area (Å²) in [6.45, 7) is 1.62. The minimum absolute atomic E-state index is 0.0824. The van der Waals surface area contributed by atoms with Gasteiger partial charge < -0.3 is 15.8 Å². The highest BCUT2D eigenvalue weighted by Gasteiger charge is 2.13. The Labute approximate surface area is 156 Å². The van der Waals surface area contributed by atoms with Crippen molar-refractivity contribution in [3.05, 3.63) is 64.2 Å². The van der Waals surface area contributed by atoms with Crippen LogP contribution in [0, 0.1) is 0 Å². The average Bonchev–Trinajstić information content (AvgIpc) is 2.62. The molecule has 2 aromatic rings. The minimum atomic E-state index is -0.645. The van der Waals surface area contributed by atoms with E-state index in [1.807, 2.05) is 0 Å². The summed E-state index contributed by atoms with van der Waals surface area (Å²) in [4.78, 5) is 34.9. The third-order valence-corrected chi connectivity index (χ3v) is 3.97. The molecule has 0 heterocycles. The molecule has 0 spiro atoms. The highest BCUT2D eigenvalue weighted by atomic mass is 35.5. The van der Waals surface area contributed by atoms with E-state index in [1.165, 1.54) is 25.1 Å². The molecule has 0 aliphatic rings. The van der Waals surface area contributed by atoms with Gasteiger partial charge in [-0.3, -0.25) is 9.59 Å². The number of Topliss-reactive ketones (excluding diaryl/α,β-unsaturated/α-hetero) is 1. The molecule has 0 radical (unpaired) electrons. The van der Waals surface area contributed by atoms with Crippen molar-refractivity contribution in [3.63, 3.8) is 0 Å². The standard InChI is InChI=1S/C19H19ClN2O4/c1-12(23)22-9-8-13-2-4-14(5-3-13)18(24)11-26-19(25)15-6-7-16(20)17(21)10-15/h2-7,10H,8-9,11,21H2,1H3,(H,22,23). The largest absolute Gasteiger partial charge is 0.454 e. The number of halogens is 1. The van der Waals surface area contributed by atoms with Crippen LogP contribution in [0.25, 0.3) is 0 Å². The summed E-state index contributed by atoms with van der Waals surface area (Å²) in [6, 6.07) is 11.3. The Kier molecular flexibility index (Phi) is 6.74. The van der Waals surface area contributed by atoms with Crippen molar-refractivity contribution in [2.45, 2.75) is 13.3 Å². The molecule has 0 saturated heterocycles. The number of nitrogens with one attached hydrogen (secondary N) is 1. The van der Waals surface area contributed by atoms with Gasteiger partial charge in [-0.2, -0.15) is 0 Å². The summed E-state index contributed by atoms with van der Waals surface area (Å²) in [5, 5.41) is 3.05. The molecule has 2 rings (SSSR count). The third-order valence-electron chi connectivity index (χ3n) is 3.63. The highest BCUT2D eigenvalue weighted by molar-refractivity contribution is 6.33. The number of carbonyl (C=O) groups excluding carboxylic acids is 3. The summed E-state index contributed by atoms with van der Waals surface area (Å²) in [6.07, 6.45) is 0.668. The molecule has 0 saturated carbocycles. The quantitative estimate of drug-likeness (QED) is 0.441. The Morgan fingerprint density at radius 3 is 2.35 bits per heavy atom. The molecule has 136 valence electrons. The smallest absolute Gasteiger partial charge is 0.338 e. The number of nitrogen functional groups attached to an aromatic ring is 1. The maximum Gasteiger partial charge on any atom is 0.338 e. The molecule has 2 aromatic carbocycles. The number of benzene rings is 2. The maximum atomic E-state index is 12.1. The van der Waals surface area contributed by atoms with E-state index in [0.29, 0.717) is 23.6 Å². The molecule has 0 unspecified atom stereocenters. The average molecular weight is 375 g/mol. The monoisotopic (exact) mass is 374 g/mol. The van der Waals surface area contributed by atoms with Crippen molar-refractivity contribution in [2.24, 2.45) is 0 Å². The lowest BCUT2D eigenvalue weighted by Crippen LogP contribution is -2.22. The van der Waals surface area contributed by atoms with Gasteiger partial charge in [0.25, 0.3) is 0 Å². The number of rotatable bonds is 7. The fraction of sp³-hybridized carbons (Fsp3) is 0.211. The SMILES string of the molecule is CC(=O)NCCc1ccc(C(=O)COC(=O)c2ccc(Cl)c(N)c2)cc1. The Bertz CT molecular complexity index is 819. The number of hydrogen-bond donors (Lipinski definition) is 2. The number of esters is 1. The van der Waals surface area contributed by atoms with Gasteiger partial charge in [-0.25, -0.2) is 4.79 Å². The lowest BCUT2D eigenvalue weighted by molar-refractivity contribution is -0.118. The second-order valence-corrected chi connectivity index (χ2v) is 6.07. The van der Waals surface area contributed by atoms with Crippen molar-refractivity contribution in [1.82, 2.24) is 5.32 Å². The van der Waals surface area contributed by atoms with Gasteiger partial charge >= 0.3 is 5.97 Å². The van der Waals surface area contributed by atoms with E-state index in [9.17, 15) is 14.4 Å². The van der Waals surface area contributed by atoms with Crippen molar-refractivity contribution in [3.8, 4) is 0 Å². The molecule has 0 bridgehead atoms. The van der Waals surface area contributed by atoms with Gasteiger partial charge in [0.1, 0.15) is 0 Å². The fourth-order valence-electron chi connectivity index (χ4n) is 2.21. The van der Waals surface area contributed by atoms with Crippen LogP contribution >= 0.6 is 11.6 Å². The van der Waals surface area contributed by atoms with Gasteiger partial charge in [-0.1, -0.05) is 35.9 Å². The molecule has 0 aliphatic heterocycles. The zero-order chi connectivity index (χ0) is 19.1. The van der Waals surface area contributed by atoms with Crippen LogP contribution < -0.4 is 11.1 Å². The van der Waals surface area contributed by atoms with Gasteiger partial charge in [0, 0.05) is 19.0 Å². The van der Waals surface area contributed by atoms with Gasteiger partial charge in [0.05, 0.1) is 16.3 Å². The van der Waals surface area contributed by atoms with E-state index >= 15 is 0 Å². The molecular weight excluding hydrogens is 356 g/mol. The van der Waals surface area contributed by atoms with Gasteiger partial charge in [0.2, 0.25) is 5.91 Å². The number of ether oxygens (including phenoxy) is 1. The Morgan fingerprint density at radius 1 is 1.08 bits per heavy atom. The van der Waals surface area contributed by atoms with E-state index in [-0.39, 0.29) is 29.5 Å². The molecule has 0 fully saturated rings. The summed E-state index contributed by atoms with van der Waals surface area (Å²) < 4.78 is 5.03. The summed E-state index contributed by atoms with van der Waals surface area (Å²) in [7, 11) is 0. The molecular formula is C19H19ClN2O4. The van der Waals surface area contributed by atoms with Crippen LogP contribution in [-0.2, 0) is 16.0 Å². The predicted molar refractivity (Wildman–Crippen MR) is 99.3 cm³/mol. The first-order valence-corrected chi connectivity index (χ1v) is 8.33. The number of carbonyl (C=O) groups is 3. The molecule has 7 heteroatoms. The second-order valence-electron chi connectivity index (χ2n) is 5.67. The Morgan fingerprint density at radius 2 is 1.73 bits per heavy atom. The number of nitrogens with two attached hydrogens (primary N) is 1. The first-order chi connectivity index (χ1) is 12.4. The van der Waals surface area contributed by atoms with E-state index in [0.717, 1.165) is 5.56 Å². The predicted octanol–water partition coefficient (Wildman–Crippen LogP) is 2.64. The first kappa shape index (κ1) is 19.5. The topological polar surface area (TPSA) is 98.5 Å². The Hall–Kier alpha value is -2.86. The van der Waals surface area contributed by atoms with Crippen molar-refractivity contribution in [2.75, 3.05) is 18.9 Å². The van der Waals surface area contributed by atoms with E-state index in [2.05, 4.69) is 5.32 Å². The van der Waals surface area contributed by atoms with Crippen LogP contribution in [0.4, 0.5) is 5.69 Å². The second kappa shape index (κ2) is 9.01. The molecule has 0 aliphatic carbocycles. The number of hydrogen-bond acceptors (Lipinski definition) is 5. The van der Waals surface area contributed by atoms with E-state index < -0.39 is 5.97 Å². The summed E-state index contributed by atoms with van der Waals surface area (Å²) in [5.74, 6) is -1.04.